The number of hydrogen-bond acceptors (Lipinski definition) is 0. The number of unbranched alkanes of at least 4 members (excludes halogenated alkanes) is 6. The van der Waals surface area contributed by atoms with E-state index in [4.69, 9.17) is 41.2 Å². The summed E-state index contributed by atoms with van der Waals surface area (Å²) in [5, 5.41) is 1.12. The molecule has 0 aromatic carbocycles. The molecule has 0 saturated heterocycles. The highest BCUT2D eigenvalue weighted by molar-refractivity contribution is 14.1. The second kappa shape index (κ2) is 13.0. The van der Waals surface area contributed by atoms with Gasteiger partial charge in [0.05, 0.1) is 18.5 Å². The highest BCUT2D eigenvalue weighted by atomic mass is 127. The molecule has 5 heteroatoms. The molecule has 0 heterocycles. The number of quaternary nitrogens is 1. The van der Waals surface area contributed by atoms with Crippen LogP contribution in [0.2, 0.25) is 0 Å². The largest absolute Gasteiger partial charge is 0.312 e. The highest BCUT2D eigenvalue weighted by Gasteiger charge is 2.47. The standard InChI is InChI=1S/C22H34Cl3IN/c1-4-7-9-11-14-27(13-6-3,15-12-10-8-5-2)18-22(26)20(24)16-19(23)17-21(22)25/h3,16-17,20H,4-5,7-15,18H2,1-2H3/q+1. The zero-order valence-electron chi connectivity index (χ0n) is 16.8. The van der Waals surface area contributed by atoms with Crippen LogP contribution in [0.3, 0.4) is 0 Å². The van der Waals surface area contributed by atoms with E-state index in [-0.39, 0.29) is 8.80 Å². The average molecular weight is 546 g/mol. The zero-order chi connectivity index (χ0) is 20.3. The second-order valence-electron chi connectivity index (χ2n) is 7.74. The Bertz CT molecular complexity index is 540. The van der Waals surface area contributed by atoms with E-state index in [1.54, 1.807) is 0 Å². The molecule has 1 aliphatic rings. The van der Waals surface area contributed by atoms with Gasteiger partial charge in [0.1, 0.15) is 16.5 Å². The van der Waals surface area contributed by atoms with Crippen LogP contribution in [-0.2, 0) is 0 Å². The fourth-order valence-electron chi connectivity index (χ4n) is 3.77. The summed E-state index contributed by atoms with van der Waals surface area (Å²) in [5.41, 5.74) is 0. The maximum Gasteiger partial charge on any atom is 0.140 e. The van der Waals surface area contributed by atoms with Crippen LogP contribution in [0.15, 0.2) is 22.2 Å². The normalized spacial score (nSPS) is 22.9. The van der Waals surface area contributed by atoms with Crippen LogP contribution in [0.1, 0.15) is 65.2 Å². The number of terminal acetylenes is 1. The Hall–Kier alpha value is 0.600. The van der Waals surface area contributed by atoms with E-state index in [0.717, 1.165) is 35.7 Å². The predicted molar refractivity (Wildman–Crippen MR) is 131 cm³/mol. The van der Waals surface area contributed by atoms with Crippen molar-refractivity contribution in [2.24, 2.45) is 0 Å². The van der Waals surface area contributed by atoms with Crippen LogP contribution in [-0.4, -0.2) is 39.5 Å². The lowest BCUT2D eigenvalue weighted by atomic mass is 9.96. The molecule has 2 unspecified atom stereocenters. The van der Waals surface area contributed by atoms with Gasteiger partial charge in [-0.1, -0.05) is 85.3 Å². The molecular formula is C22H34Cl3IN+. The van der Waals surface area contributed by atoms with Gasteiger partial charge in [-0.3, -0.25) is 0 Å². The van der Waals surface area contributed by atoms with Gasteiger partial charge in [-0.25, -0.2) is 0 Å². The Morgan fingerprint density at radius 2 is 1.63 bits per heavy atom. The quantitative estimate of drug-likeness (QED) is 0.0734. The summed E-state index contributed by atoms with van der Waals surface area (Å²) in [5.74, 6) is 2.96. The molecule has 27 heavy (non-hydrogen) atoms. The summed E-state index contributed by atoms with van der Waals surface area (Å²) >= 11 is 22.0. The van der Waals surface area contributed by atoms with E-state index in [2.05, 4.69) is 42.4 Å². The van der Waals surface area contributed by atoms with E-state index < -0.39 is 0 Å². The number of allylic oxidation sites excluding steroid dienone is 3. The van der Waals surface area contributed by atoms with Crippen molar-refractivity contribution in [2.75, 3.05) is 26.2 Å². The predicted octanol–water partition coefficient (Wildman–Crippen LogP) is 7.64. The molecule has 0 aliphatic heterocycles. The van der Waals surface area contributed by atoms with Crippen molar-refractivity contribution in [3.63, 3.8) is 0 Å². The molecule has 0 saturated carbocycles. The third-order valence-electron chi connectivity index (χ3n) is 5.37. The maximum absolute atomic E-state index is 6.73. The number of nitrogens with zero attached hydrogens (tertiary/aromatic N) is 1. The van der Waals surface area contributed by atoms with Gasteiger partial charge in [0.2, 0.25) is 0 Å². The lowest BCUT2D eigenvalue weighted by Crippen LogP contribution is -2.58. The lowest BCUT2D eigenvalue weighted by Gasteiger charge is -2.45. The molecule has 0 N–H and O–H groups in total. The molecule has 0 amide bonds. The lowest BCUT2D eigenvalue weighted by molar-refractivity contribution is -0.922. The van der Waals surface area contributed by atoms with E-state index >= 15 is 0 Å². The maximum atomic E-state index is 6.73. The van der Waals surface area contributed by atoms with Gasteiger partial charge < -0.3 is 4.48 Å². The van der Waals surface area contributed by atoms with Crippen LogP contribution in [0, 0.1) is 12.3 Å². The van der Waals surface area contributed by atoms with Crippen LogP contribution >= 0.6 is 57.4 Å². The average Bonchev–Trinajstić information content (AvgIpc) is 2.61. The van der Waals surface area contributed by atoms with Crippen molar-refractivity contribution in [3.05, 3.63) is 22.2 Å². The summed E-state index contributed by atoms with van der Waals surface area (Å²) in [6, 6.07) is 0. The molecule has 0 aromatic heterocycles. The topological polar surface area (TPSA) is 0 Å². The summed E-state index contributed by atoms with van der Waals surface area (Å²) in [7, 11) is 0. The van der Waals surface area contributed by atoms with Crippen molar-refractivity contribution < 1.29 is 4.48 Å². The molecule has 0 aromatic rings. The van der Waals surface area contributed by atoms with Crippen molar-refractivity contribution >= 4 is 57.4 Å². The minimum atomic E-state index is -0.369. The molecule has 0 radical (unpaired) electrons. The minimum Gasteiger partial charge on any atom is -0.312 e. The monoisotopic (exact) mass is 544 g/mol. The van der Waals surface area contributed by atoms with Gasteiger partial charge in [0, 0.05) is 10.1 Å². The molecule has 0 fully saturated rings. The first-order valence-corrected chi connectivity index (χ1v) is 12.5. The van der Waals surface area contributed by atoms with E-state index in [1.807, 2.05) is 12.2 Å². The zero-order valence-corrected chi connectivity index (χ0v) is 21.2. The van der Waals surface area contributed by atoms with Crippen molar-refractivity contribution in [3.8, 4) is 12.3 Å². The number of halogens is 4. The van der Waals surface area contributed by atoms with Crippen LogP contribution < -0.4 is 0 Å². The highest BCUT2D eigenvalue weighted by Crippen LogP contribution is 2.44. The Labute approximate surface area is 195 Å². The smallest absolute Gasteiger partial charge is 0.140 e. The van der Waals surface area contributed by atoms with Crippen molar-refractivity contribution in [1.29, 1.82) is 0 Å². The van der Waals surface area contributed by atoms with E-state index in [9.17, 15) is 0 Å². The molecule has 0 bridgehead atoms. The second-order valence-corrected chi connectivity index (χ2v) is 11.0. The van der Waals surface area contributed by atoms with Crippen LogP contribution in [0.25, 0.3) is 0 Å². The van der Waals surface area contributed by atoms with Gasteiger partial charge in [0.25, 0.3) is 0 Å². The van der Waals surface area contributed by atoms with Crippen molar-refractivity contribution in [1.82, 2.24) is 0 Å². The summed E-state index contributed by atoms with van der Waals surface area (Å²) in [6.45, 7) is 8.25. The molecular weight excluding hydrogens is 512 g/mol. The number of alkyl halides is 2. The fraction of sp³-hybridized carbons (Fsp3) is 0.727. The molecule has 1 rings (SSSR count). The first-order chi connectivity index (χ1) is 12.8. The number of rotatable bonds is 13. The summed E-state index contributed by atoms with van der Waals surface area (Å²) in [4.78, 5) is 0. The Morgan fingerprint density at radius 3 is 2.07 bits per heavy atom. The minimum absolute atomic E-state index is 0.232. The SMILES string of the molecule is C#CC[N+](CCCCCC)(CCCCCC)CC1(I)C(Cl)=CC(Cl)=CC1Cl. The van der Waals surface area contributed by atoms with Gasteiger partial charge in [-0.2, -0.15) is 0 Å². The van der Waals surface area contributed by atoms with E-state index in [0.29, 0.717) is 5.03 Å². The van der Waals surface area contributed by atoms with Gasteiger partial charge in [-0.15, -0.1) is 18.0 Å². The van der Waals surface area contributed by atoms with Gasteiger partial charge in [0.15, 0.2) is 0 Å². The molecule has 1 nitrogen and oxygen atoms in total. The van der Waals surface area contributed by atoms with Crippen LogP contribution in [0.4, 0.5) is 0 Å². The number of hydrogen-bond donors (Lipinski definition) is 0. The third kappa shape index (κ3) is 8.09. The Morgan fingerprint density at radius 1 is 1.07 bits per heavy atom. The third-order valence-corrected chi connectivity index (χ3v) is 8.83. The van der Waals surface area contributed by atoms with Gasteiger partial charge >= 0.3 is 0 Å². The summed E-state index contributed by atoms with van der Waals surface area (Å²) in [6.07, 6.45) is 19.5. The molecule has 154 valence electrons. The first-order valence-electron chi connectivity index (χ1n) is 10.2. The van der Waals surface area contributed by atoms with Gasteiger partial charge in [-0.05, 0) is 43.8 Å². The molecule has 1 aliphatic carbocycles. The molecule has 0 spiro atoms. The van der Waals surface area contributed by atoms with E-state index in [1.165, 1.54) is 51.4 Å². The fourth-order valence-corrected chi connectivity index (χ4v) is 5.86. The molecule has 2 atom stereocenters. The summed E-state index contributed by atoms with van der Waals surface area (Å²) < 4.78 is 0.525. The Balaban J connectivity index is 3.02. The van der Waals surface area contributed by atoms with Crippen molar-refractivity contribution in [2.45, 2.75) is 74.0 Å². The Kier molecular flexibility index (Phi) is 12.4. The van der Waals surface area contributed by atoms with Crippen LogP contribution in [0.5, 0.6) is 0 Å². The first kappa shape index (κ1) is 25.6.